The summed E-state index contributed by atoms with van der Waals surface area (Å²) in [5.41, 5.74) is 3.87. The molecule has 0 atom stereocenters. The standard InChI is InChI=1S/C23H24BrN3O3/c1-16-4-8-19(9-5-16)30-15-18-12-17(6-10-22(18)29-3)7-11-23(28)25-14-21-20(24)13-26-27(21)2/h4-13H,14-15H2,1-3H3,(H,25,28)/b11-7+. The number of nitrogens with one attached hydrogen (secondary N) is 1. The number of ether oxygens (including phenoxy) is 2. The summed E-state index contributed by atoms with van der Waals surface area (Å²) in [7, 11) is 3.46. The lowest BCUT2D eigenvalue weighted by Gasteiger charge is -2.11. The number of aryl methyl sites for hydroxylation is 2. The van der Waals surface area contributed by atoms with Crippen LogP contribution in [-0.4, -0.2) is 22.8 Å². The fraction of sp³-hybridized carbons (Fsp3) is 0.217. The van der Waals surface area contributed by atoms with E-state index in [-0.39, 0.29) is 5.91 Å². The molecule has 1 aromatic heterocycles. The molecule has 0 aliphatic rings. The highest BCUT2D eigenvalue weighted by Gasteiger charge is 2.08. The highest BCUT2D eigenvalue weighted by Crippen LogP contribution is 2.23. The van der Waals surface area contributed by atoms with Gasteiger partial charge in [-0.05, 0) is 58.8 Å². The molecule has 3 aromatic rings. The number of hydrogen-bond donors (Lipinski definition) is 1. The first-order chi connectivity index (χ1) is 14.5. The maximum absolute atomic E-state index is 12.2. The molecule has 2 aromatic carbocycles. The summed E-state index contributed by atoms with van der Waals surface area (Å²) in [6.07, 6.45) is 4.98. The van der Waals surface area contributed by atoms with Gasteiger partial charge in [0.05, 0.1) is 30.0 Å². The summed E-state index contributed by atoms with van der Waals surface area (Å²) in [4.78, 5) is 12.2. The minimum absolute atomic E-state index is 0.184. The molecule has 0 saturated heterocycles. The number of methoxy groups -OCH3 is 1. The average molecular weight is 470 g/mol. The molecule has 0 saturated carbocycles. The van der Waals surface area contributed by atoms with E-state index in [9.17, 15) is 4.79 Å². The first-order valence-corrected chi connectivity index (χ1v) is 10.2. The summed E-state index contributed by atoms with van der Waals surface area (Å²) in [5, 5.41) is 6.99. The van der Waals surface area contributed by atoms with Crippen LogP contribution in [0.2, 0.25) is 0 Å². The first kappa shape index (κ1) is 21.6. The van der Waals surface area contributed by atoms with Gasteiger partial charge < -0.3 is 14.8 Å². The van der Waals surface area contributed by atoms with E-state index >= 15 is 0 Å². The van der Waals surface area contributed by atoms with Gasteiger partial charge in [-0.3, -0.25) is 9.48 Å². The SMILES string of the molecule is COc1ccc(/C=C/C(=O)NCc2c(Br)cnn2C)cc1COc1ccc(C)cc1. The van der Waals surface area contributed by atoms with E-state index in [1.165, 1.54) is 11.6 Å². The Morgan fingerprint density at radius 1 is 1.23 bits per heavy atom. The van der Waals surface area contributed by atoms with Gasteiger partial charge in [-0.25, -0.2) is 0 Å². The van der Waals surface area contributed by atoms with E-state index in [2.05, 4.69) is 26.3 Å². The summed E-state index contributed by atoms with van der Waals surface area (Å²) >= 11 is 3.42. The summed E-state index contributed by atoms with van der Waals surface area (Å²) < 4.78 is 13.9. The van der Waals surface area contributed by atoms with Gasteiger partial charge >= 0.3 is 0 Å². The minimum Gasteiger partial charge on any atom is -0.496 e. The van der Waals surface area contributed by atoms with Gasteiger partial charge in [0.15, 0.2) is 0 Å². The molecule has 0 spiro atoms. The number of halogens is 1. The average Bonchev–Trinajstić information content (AvgIpc) is 3.07. The fourth-order valence-electron chi connectivity index (χ4n) is 2.85. The second-order valence-electron chi connectivity index (χ2n) is 6.79. The predicted molar refractivity (Wildman–Crippen MR) is 120 cm³/mol. The summed E-state index contributed by atoms with van der Waals surface area (Å²) in [5.74, 6) is 1.35. The summed E-state index contributed by atoms with van der Waals surface area (Å²) in [6, 6.07) is 13.6. The lowest BCUT2D eigenvalue weighted by atomic mass is 10.1. The molecule has 0 radical (unpaired) electrons. The van der Waals surface area contributed by atoms with Crippen LogP contribution in [0, 0.1) is 6.92 Å². The highest BCUT2D eigenvalue weighted by molar-refractivity contribution is 9.10. The Labute approximate surface area is 184 Å². The third-order valence-electron chi connectivity index (χ3n) is 4.59. The zero-order valence-corrected chi connectivity index (χ0v) is 18.8. The predicted octanol–water partition coefficient (Wildman–Crippen LogP) is 4.41. The number of hydrogen-bond acceptors (Lipinski definition) is 4. The quantitative estimate of drug-likeness (QED) is 0.496. The Morgan fingerprint density at radius 2 is 2.00 bits per heavy atom. The molecule has 1 N–H and O–H groups in total. The van der Waals surface area contributed by atoms with Crippen LogP contribution in [0.1, 0.15) is 22.4 Å². The molecular weight excluding hydrogens is 446 g/mol. The normalized spacial score (nSPS) is 10.9. The Hall–Kier alpha value is -3.06. The van der Waals surface area contributed by atoms with Crippen LogP contribution in [-0.2, 0) is 25.0 Å². The number of rotatable bonds is 8. The van der Waals surface area contributed by atoms with Crippen LogP contribution in [0.25, 0.3) is 6.08 Å². The molecule has 0 aliphatic heterocycles. The number of carbonyl (C=O) groups is 1. The van der Waals surface area contributed by atoms with Gasteiger partial charge in [0.25, 0.3) is 0 Å². The number of amides is 1. The Balaban J connectivity index is 1.63. The number of benzene rings is 2. The molecule has 0 fully saturated rings. The van der Waals surface area contributed by atoms with E-state index in [0.717, 1.165) is 32.8 Å². The van der Waals surface area contributed by atoms with Crippen molar-refractivity contribution in [3.8, 4) is 11.5 Å². The molecule has 1 heterocycles. The Bertz CT molecular complexity index is 1020. The molecule has 30 heavy (non-hydrogen) atoms. The molecular formula is C23H24BrN3O3. The zero-order valence-electron chi connectivity index (χ0n) is 17.2. The lowest BCUT2D eigenvalue weighted by Crippen LogP contribution is -2.22. The van der Waals surface area contributed by atoms with Crippen LogP contribution >= 0.6 is 15.9 Å². The van der Waals surface area contributed by atoms with Gasteiger partial charge in [-0.1, -0.05) is 23.8 Å². The summed E-state index contributed by atoms with van der Waals surface area (Å²) in [6.45, 7) is 2.79. The van der Waals surface area contributed by atoms with Crippen molar-refractivity contribution in [2.45, 2.75) is 20.1 Å². The maximum atomic E-state index is 12.2. The van der Waals surface area contributed by atoms with E-state index in [1.54, 1.807) is 24.1 Å². The van der Waals surface area contributed by atoms with E-state index in [1.807, 2.05) is 56.4 Å². The molecule has 1 amide bonds. The van der Waals surface area contributed by atoms with Crippen LogP contribution in [0.4, 0.5) is 0 Å². The molecule has 0 bridgehead atoms. The Kier molecular flexibility index (Phi) is 7.30. The van der Waals surface area contributed by atoms with E-state index in [4.69, 9.17) is 9.47 Å². The molecule has 6 nitrogen and oxygen atoms in total. The lowest BCUT2D eigenvalue weighted by molar-refractivity contribution is -0.116. The largest absolute Gasteiger partial charge is 0.496 e. The van der Waals surface area contributed by atoms with Crippen molar-refractivity contribution in [3.05, 3.63) is 81.6 Å². The van der Waals surface area contributed by atoms with Crippen molar-refractivity contribution >= 4 is 27.9 Å². The molecule has 156 valence electrons. The van der Waals surface area contributed by atoms with Crippen LogP contribution in [0.3, 0.4) is 0 Å². The number of carbonyl (C=O) groups excluding carboxylic acids is 1. The second-order valence-corrected chi connectivity index (χ2v) is 7.64. The molecule has 7 heteroatoms. The molecule has 0 aliphatic carbocycles. The van der Waals surface area contributed by atoms with Crippen molar-refractivity contribution in [1.82, 2.24) is 15.1 Å². The Morgan fingerprint density at radius 3 is 2.67 bits per heavy atom. The van der Waals surface area contributed by atoms with Gasteiger partial charge in [0.2, 0.25) is 5.91 Å². The van der Waals surface area contributed by atoms with Crippen molar-refractivity contribution in [1.29, 1.82) is 0 Å². The highest BCUT2D eigenvalue weighted by atomic mass is 79.9. The van der Waals surface area contributed by atoms with Crippen molar-refractivity contribution < 1.29 is 14.3 Å². The first-order valence-electron chi connectivity index (χ1n) is 9.45. The molecule has 0 unspecified atom stereocenters. The number of aromatic nitrogens is 2. The second kappa shape index (κ2) is 10.1. The van der Waals surface area contributed by atoms with E-state index < -0.39 is 0 Å². The third-order valence-corrected chi connectivity index (χ3v) is 5.25. The van der Waals surface area contributed by atoms with Gasteiger partial charge in [-0.15, -0.1) is 0 Å². The van der Waals surface area contributed by atoms with Gasteiger partial charge in [0, 0.05) is 18.7 Å². The number of nitrogens with zero attached hydrogens (tertiary/aromatic N) is 2. The van der Waals surface area contributed by atoms with Gasteiger partial charge in [0.1, 0.15) is 18.1 Å². The van der Waals surface area contributed by atoms with Crippen LogP contribution < -0.4 is 14.8 Å². The van der Waals surface area contributed by atoms with E-state index in [0.29, 0.717) is 13.2 Å². The smallest absolute Gasteiger partial charge is 0.244 e. The van der Waals surface area contributed by atoms with Crippen molar-refractivity contribution in [2.75, 3.05) is 7.11 Å². The topological polar surface area (TPSA) is 65.4 Å². The monoisotopic (exact) mass is 469 g/mol. The van der Waals surface area contributed by atoms with Crippen LogP contribution in [0.5, 0.6) is 11.5 Å². The van der Waals surface area contributed by atoms with Crippen molar-refractivity contribution in [3.63, 3.8) is 0 Å². The third kappa shape index (κ3) is 5.73. The maximum Gasteiger partial charge on any atom is 0.244 e. The molecule has 3 rings (SSSR count). The zero-order chi connectivity index (χ0) is 21.5. The van der Waals surface area contributed by atoms with Crippen molar-refractivity contribution in [2.24, 2.45) is 7.05 Å². The minimum atomic E-state index is -0.184. The van der Waals surface area contributed by atoms with Gasteiger partial charge in [-0.2, -0.15) is 5.10 Å². The van der Waals surface area contributed by atoms with Crippen LogP contribution in [0.15, 0.2) is 59.2 Å². The fourth-order valence-corrected chi connectivity index (χ4v) is 3.34.